The maximum absolute atomic E-state index is 4.66. The molecule has 0 aliphatic rings. The van der Waals surface area contributed by atoms with Crippen LogP contribution in [0.15, 0.2) is 29.3 Å². The zero-order valence-electron chi connectivity index (χ0n) is 14.3. The minimum Gasteiger partial charge on any atom is -0.356 e. The minimum atomic E-state index is 0. The molecule has 0 unspecified atom stereocenters. The van der Waals surface area contributed by atoms with Crippen molar-refractivity contribution < 1.29 is 0 Å². The lowest BCUT2D eigenvalue weighted by atomic mass is 10.2. The Balaban J connectivity index is 0.00000264. The van der Waals surface area contributed by atoms with Gasteiger partial charge >= 0.3 is 0 Å². The number of para-hydroxylation sites is 2. The van der Waals surface area contributed by atoms with Gasteiger partial charge in [0.1, 0.15) is 5.82 Å². The summed E-state index contributed by atoms with van der Waals surface area (Å²) in [6.45, 7) is 3.85. The fourth-order valence-electron chi connectivity index (χ4n) is 2.50. The highest BCUT2D eigenvalue weighted by Gasteiger charge is 2.07. The van der Waals surface area contributed by atoms with Gasteiger partial charge in [0.05, 0.1) is 17.6 Å². The summed E-state index contributed by atoms with van der Waals surface area (Å²) in [6, 6.07) is 8.19. The zero-order valence-corrected chi connectivity index (χ0v) is 16.6. The first-order valence-corrected chi connectivity index (χ1v) is 8.11. The van der Waals surface area contributed by atoms with E-state index in [4.69, 9.17) is 0 Å². The molecule has 0 aliphatic carbocycles. The van der Waals surface area contributed by atoms with E-state index in [0.717, 1.165) is 29.4 Å². The third kappa shape index (κ3) is 5.67. The summed E-state index contributed by atoms with van der Waals surface area (Å²) in [7, 11) is 3.85. The van der Waals surface area contributed by atoms with Crippen molar-refractivity contribution in [2.75, 3.05) is 13.6 Å². The number of imidazole rings is 1. The number of unbranched alkanes of at least 4 members (excludes halogenated alkanes) is 3. The topological polar surface area (TPSA) is 54.2 Å². The fourth-order valence-corrected chi connectivity index (χ4v) is 2.50. The van der Waals surface area contributed by atoms with E-state index in [0.29, 0.717) is 6.54 Å². The number of fused-ring (bicyclic) bond motifs is 1. The Morgan fingerprint density at radius 3 is 2.65 bits per heavy atom. The van der Waals surface area contributed by atoms with Gasteiger partial charge in [0.25, 0.3) is 0 Å². The average molecular weight is 429 g/mol. The number of aromatic nitrogens is 2. The molecular weight excluding hydrogens is 401 g/mol. The number of halogens is 1. The molecule has 0 atom stereocenters. The number of benzene rings is 1. The summed E-state index contributed by atoms with van der Waals surface area (Å²) in [5.74, 6) is 1.85. The van der Waals surface area contributed by atoms with Crippen LogP contribution in [0.5, 0.6) is 0 Å². The molecule has 0 aliphatic heterocycles. The molecule has 1 aromatic heterocycles. The molecule has 0 spiro atoms. The lowest BCUT2D eigenvalue weighted by molar-refractivity contribution is 0.644. The van der Waals surface area contributed by atoms with Crippen molar-refractivity contribution >= 4 is 41.0 Å². The summed E-state index contributed by atoms with van der Waals surface area (Å²) < 4.78 is 2.12. The van der Waals surface area contributed by atoms with E-state index in [1.807, 2.05) is 25.2 Å². The fraction of sp³-hybridized carbons (Fsp3) is 0.529. The lowest BCUT2D eigenvalue weighted by Gasteiger charge is -2.11. The third-order valence-corrected chi connectivity index (χ3v) is 3.84. The molecule has 128 valence electrons. The normalized spacial score (nSPS) is 11.3. The summed E-state index contributed by atoms with van der Waals surface area (Å²) >= 11 is 0. The van der Waals surface area contributed by atoms with Crippen LogP contribution in [-0.4, -0.2) is 29.1 Å². The van der Waals surface area contributed by atoms with Crippen LogP contribution in [0.4, 0.5) is 0 Å². The van der Waals surface area contributed by atoms with Crippen LogP contribution in [0.25, 0.3) is 11.0 Å². The van der Waals surface area contributed by atoms with E-state index in [1.165, 1.54) is 25.7 Å². The van der Waals surface area contributed by atoms with Crippen molar-refractivity contribution in [3.8, 4) is 0 Å². The van der Waals surface area contributed by atoms with Gasteiger partial charge in [-0.1, -0.05) is 38.3 Å². The minimum absolute atomic E-state index is 0. The van der Waals surface area contributed by atoms with Crippen molar-refractivity contribution in [2.45, 2.75) is 39.2 Å². The standard InChI is InChI=1S/C17H27N5.HI/c1-4-5-6-9-12-19-17(18-2)20-13-16-21-14-10-7-8-11-15(14)22(16)3;/h7-8,10-11H,4-6,9,12-13H2,1-3H3,(H2,18,19,20);1H. The number of hydrogen-bond acceptors (Lipinski definition) is 2. The Labute approximate surface area is 156 Å². The Bertz CT molecular complexity index is 620. The van der Waals surface area contributed by atoms with Gasteiger partial charge in [-0.25, -0.2) is 4.98 Å². The maximum Gasteiger partial charge on any atom is 0.191 e. The molecule has 0 bridgehead atoms. The highest BCUT2D eigenvalue weighted by molar-refractivity contribution is 14.0. The van der Waals surface area contributed by atoms with Gasteiger partial charge in [-0.3, -0.25) is 4.99 Å². The predicted molar refractivity (Wildman–Crippen MR) is 108 cm³/mol. The Morgan fingerprint density at radius 2 is 1.96 bits per heavy atom. The summed E-state index contributed by atoms with van der Waals surface area (Å²) in [4.78, 5) is 8.92. The van der Waals surface area contributed by atoms with Gasteiger partial charge in [0.2, 0.25) is 0 Å². The summed E-state index contributed by atoms with van der Waals surface area (Å²) in [6.07, 6.45) is 5.01. The number of nitrogens with one attached hydrogen (secondary N) is 2. The average Bonchev–Trinajstić information content (AvgIpc) is 2.87. The molecule has 0 radical (unpaired) electrons. The van der Waals surface area contributed by atoms with E-state index < -0.39 is 0 Å². The van der Waals surface area contributed by atoms with Gasteiger partial charge in [0, 0.05) is 20.6 Å². The molecule has 0 fully saturated rings. The van der Waals surface area contributed by atoms with Crippen LogP contribution in [0, 0.1) is 0 Å². The quantitative estimate of drug-likeness (QED) is 0.307. The van der Waals surface area contributed by atoms with E-state index in [1.54, 1.807) is 7.05 Å². The molecule has 2 aromatic rings. The van der Waals surface area contributed by atoms with E-state index in [9.17, 15) is 0 Å². The molecule has 5 nitrogen and oxygen atoms in total. The molecule has 6 heteroatoms. The first-order valence-electron chi connectivity index (χ1n) is 8.11. The van der Waals surface area contributed by atoms with Crippen LogP contribution < -0.4 is 10.6 Å². The Kier molecular flexibility index (Phi) is 8.98. The first-order chi connectivity index (χ1) is 10.8. The molecule has 2 N–H and O–H groups in total. The van der Waals surface area contributed by atoms with Crippen LogP contribution >= 0.6 is 24.0 Å². The zero-order chi connectivity index (χ0) is 15.8. The van der Waals surface area contributed by atoms with Crippen molar-refractivity contribution in [3.05, 3.63) is 30.1 Å². The molecule has 2 rings (SSSR count). The predicted octanol–water partition coefficient (Wildman–Crippen LogP) is 3.44. The summed E-state index contributed by atoms with van der Waals surface area (Å²) in [5.41, 5.74) is 2.19. The first kappa shape index (κ1) is 19.7. The maximum atomic E-state index is 4.66. The Hall–Kier alpha value is -1.31. The van der Waals surface area contributed by atoms with E-state index in [2.05, 4.69) is 38.2 Å². The molecule has 23 heavy (non-hydrogen) atoms. The number of nitrogens with zero attached hydrogens (tertiary/aromatic N) is 3. The second kappa shape index (κ2) is 10.5. The van der Waals surface area contributed by atoms with Crippen LogP contribution in [0.3, 0.4) is 0 Å². The van der Waals surface area contributed by atoms with E-state index >= 15 is 0 Å². The molecule has 1 heterocycles. The molecule has 1 aromatic carbocycles. The number of guanidine groups is 1. The highest BCUT2D eigenvalue weighted by Crippen LogP contribution is 2.13. The Morgan fingerprint density at radius 1 is 1.17 bits per heavy atom. The largest absolute Gasteiger partial charge is 0.356 e. The van der Waals surface area contributed by atoms with Crippen molar-refractivity contribution in [2.24, 2.45) is 12.0 Å². The smallest absolute Gasteiger partial charge is 0.191 e. The SMILES string of the molecule is CCCCCCNC(=NC)NCc1nc2ccccc2n1C.I. The summed E-state index contributed by atoms with van der Waals surface area (Å²) in [5, 5.41) is 6.69. The molecule has 0 saturated carbocycles. The second-order valence-corrected chi connectivity index (χ2v) is 5.49. The van der Waals surface area contributed by atoms with Crippen molar-refractivity contribution in [1.82, 2.24) is 20.2 Å². The van der Waals surface area contributed by atoms with Gasteiger partial charge in [0.15, 0.2) is 5.96 Å². The number of hydrogen-bond donors (Lipinski definition) is 2. The van der Waals surface area contributed by atoms with Crippen molar-refractivity contribution in [3.63, 3.8) is 0 Å². The van der Waals surface area contributed by atoms with Gasteiger partial charge in [-0.15, -0.1) is 24.0 Å². The van der Waals surface area contributed by atoms with Crippen LogP contribution in [0.1, 0.15) is 38.4 Å². The number of aliphatic imine (C=N–C) groups is 1. The van der Waals surface area contributed by atoms with Gasteiger partial charge < -0.3 is 15.2 Å². The molecule has 0 saturated heterocycles. The monoisotopic (exact) mass is 429 g/mol. The van der Waals surface area contributed by atoms with E-state index in [-0.39, 0.29) is 24.0 Å². The van der Waals surface area contributed by atoms with Crippen LogP contribution in [0.2, 0.25) is 0 Å². The van der Waals surface area contributed by atoms with Crippen LogP contribution in [-0.2, 0) is 13.6 Å². The second-order valence-electron chi connectivity index (χ2n) is 5.49. The van der Waals surface area contributed by atoms with Gasteiger partial charge in [-0.2, -0.15) is 0 Å². The third-order valence-electron chi connectivity index (χ3n) is 3.84. The molecule has 0 amide bonds. The van der Waals surface area contributed by atoms with Crippen molar-refractivity contribution in [1.29, 1.82) is 0 Å². The number of rotatable bonds is 7. The highest BCUT2D eigenvalue weighted by atomic mass is 127. The van der Waals surface area contributed by atoms with Gasteiger partial charge in [-0.05, 0) is 18.6 Å². The lowest BCUT2D eigenvalue weighted by Crippen LogP contribution is -2.37. The number of aryl methyl sites for hydroxylation is 1. The molecular formula is C17H28IN5.